The molecule has 0 saturated heterocycles. The Bertz CT molecular complexity index is 873. The molecule has 23 heavy (non-hydrogen) atoms. The van der Waals surface area contributed by atoms with Gasteiger partial charge < -0.3 is 14.2 Å². The molecule has 2 aromatic rings. The van der Waals surface area contributed by atoms with Gasteiger partial charge in [-0.15, -0.1) is 0 Å². The Morgan fingerprint density at radius 1 is 1.09 bits per heavy atom. The van der Waals surface area contributed by atoms with E-state index in [4.69, 9.17) is 25.8 Å². The maximum Gasteiger partial charge on any atom is 0.363 e. The molecule has 4 rings (SSSR count). The molecule has 2 aliphatic rings. The predicted molar refractivity (Wildman–Crippen MR) is 84.6 cm³/mol. The van der Waals surface area contributed by atoms with E-state index in [0.29, 0.717) is 22.1 Å². The molecule has 0 bridgehead atoms. The Morgan fingerprint density at radius 3 is 2.83 bits per heavy atom. The molecular weight excluding hydrogens is 318 g/mol. The summed E-state index contributed by atoms with van der Waals surface area (Å²) >= 11 is 5.94. The molecule has 0 saturated carbocycles. The van der Waals surface area contributed by atoms with E-state index in [1.165, 1.54) is 0 Å². The van der Waals surface area contributed by atoms with E-state index in [1.807, 2.05) is 6.07 Å². The number of aliphatic imine (C=N–C) groups is 1. The van der Waals surface area contributed by atoms with Crippen LogP contribution in [0.5, 0.6) is 11.5 Å². The Hall–Kier alpha value is -2.79. The van der Waals surface area contributed by atoms with E-state index in [-0.39, 0.29) is 18.4 Å². The van der Waals surface area contributed by atoms with Gasteiger partial charge in [0.05, 0.1) is 0 Å². The number of hydrogen-bond donors (Lipinski definition) is 0. The van der Waals surface area contributed by atoms with Crippen molar-refractivity contribution in [3.05, 3.63) is 64.3 Å². The van der Waals surface area contributed by atoms with Crippen molar-refractivity contribution in [3.8, 4) is 11.5 Å². The number of nitrogens with zero attached hydrogens (tertiary/aromatic N) is 1. The topological polar surface area (TPSA) is 57.1 Å². The second kappa shape index (κ2) is 5.44. The molecule has 0 fully saturated rings. The van der Waals surface area contributed by atoms with E-state index in [0.717, 1.165) is 5.56 Å². The summed E-state index contributed by atoms with van der Waals surface area (Å²) in [4.78, 5) is 16.2. The highest BCUT2D eigenvalue weighted by atomic mass is 35.5. The lowest BCUT2D eigenvalue weighted by molar-refractivity contribution is -0.129. The van der Waals surface area contributed by atoms with Gasteiger partial charge in [-0.2, -0.15) is 0 Å². The molecule has 0 aromatic heterocycles. The van der Waals surface area contributed by atoms with Gasteiger partial charge in [-0.3, -0.25) is 0 Å². The van der Waals surface area contributed by atoms with Crippen LogP contribution in [-0.2, 0) is 9.53 Å². The lowest BCUT2D eigenvalue weighted by atomic mass is 10.1. The molecule has 6 heteroatoms. The molecule has 2 heterocycles. The lowest BCUT2D eigenvalue weighted by Gasteiger charge is -1.99. The number of cyclic esters (lactones) is 1. The number of hydrogen-bond acceptors (Lipinski definition) is 5. The zero-order valence-corrected chi connectivity index (χ0v) is 12.5. The minimum absolute atomic E-state index is 0.203. The van der Waals surface area contributed by atoms with E-state index >= 15 is 0 Å². The first-order valence-corrected chi connectivity index (χ1v) is 7.25. The largest absolute Gasteiger partial charge is 0.454 e. The Balaban J connectivity index is 1.67. The van der Waals surface area contributed by atoms with Crippen LogP contribution in [0.25, 0.3) is 6.08 Å². The highest BCUT2D eigenvalue weighted by molar-refractivity contribution is 6.31. The molecule has 0 spiro atoms. The molecule has 0 amide bonds. The minimum atomic E-state index is -0.502. The molecule has 5 nitrogen and oxygen atoms in total. The third-order valence-electron chi connectivity index (χ3n) is 3.39. The fourth-order valence-electron chi connectivity index (χ4n) is 2.31. The van der Waals surface area contributed by atoms with Crippen molar-refractivity contribution in [1.29, 1.82) is 0 Å². The molecule has 0 radical (unpaired) electrons. The summed E-state index contributed by atoms with van der Waals surface area (Å²) in [7, 11) is 0. The average Bonchev–Trinajstić information content (AvgIpc) is 3.14. The molecule has 0 atom stereocenters. The number of carbonyl (C=O) groups is 1. The van der Waals surface area contributed by atoms with Gasteiger partial charge >= 0.3 is 5.97 Å². The van der Waals surface area contributed by atoms with Gasteiger partial charge in [0.15, 0.2) is 17.2 Å². The molecule has 114 valence electrons. The summed E-state index contributed by atoms with van der Waals surface area (Å²) in [5.74, 6) is 1.07. The van der Waals surface area contributed by atoms with E-state index in [1.54, 1.807) is 42.5 Å². The lowest BCUT2D eigenvalue weighted by Crippen LogP contribution is -2.05. The molecule has 0 unspecified atom stereocenters. The number of esters is 1. The van der Waals surface area contributed by atoms with Crippen molar-refractivity contribution in [1.82, 2.24) is 0 Å². The second-order valence-electron chi connectivity index (χ2n) is 4.96. The van der Waals surface area contributed by atoms with Crippen LogP contribution in [0.3, 0.4) is 0 Å². The van der Waals surface area contributed by atoms with Crippen molar-refractivity contribution in [2.45, 2.75) is 0 Å². The quantitative estimate of drug-likeness (QED) is 0.626. The van der Waals surface area contributed by atoms with Crippen LogP contribution >= 0.6 is 11.6 Å². The van der Waals surface area contributed by atoms with E-state index < -0.39 is 5.97 Å². The first kappa shape index (κ1) is 13.8. The van der Waals surface area contributed by atoms with Crippen LogP contribution < -0.4 is 9.47 Å². The van der Waals surface area contributed by atoms with Crippen molar-refractivity contribution in [2.75, 3.05) is 6.79 Å². The maximum absolute atomic E-state index is 12.0. The van der Waals surface area contributed by atoms with Gasteiger partial charge in [0.2, 0.25) is 12.7 Å². The van der Waals surface area contributed by atoms with Crippen molar-refractivity contribution in [3.63, 3.8) is 0 Å². The molecule has 2 aliphatic heterocycles. The van der Waals surface area contributed by atoms with Crippen molar-refractivity contribution < 1.29 is 19.0 Å². The standard InChI is InChI=1S/C17H10ClNO4/c18-12-3-1-2-11(8-12)16-19-13(17(20)23-16)6-10-4-5-14-15(7-10)22-9-21-14/h1-8H,9H2. The predicted octanol–water partition coefficient (Wildman–Crippen LogP) is 3.41. The van der Waals surface area contributed by atoms with Gasteiger partial charge in [-0.1, -0.05) is 23.7 Å². The maximum atomic E-state index is 12.0. The number of ether oxygens (including phenoxy) is 3. The summed E-state index contributed by atoms with van der Waals surface area (Å²) in [6.07, 6.45) is 1.64. The van der Waals surface area contributed by atoms with Crippen LogP contribution in [0, 0.1) is 0 Å². The Labute approximate surface area is 136 Å². The van der Waals surface area contributed by atoms with Crippen LogP contribution in [0.2, 0.25) is 5.02 Å². The monoisotopic (exact) mass is 327 g/mol. The molecule has 2 aromatic carbocycles. The number of halogens is 1. The zero-order chi connectivity index (χ0) is 15.8. The molecule has 0 N–H and O–H groups in total. The first-order chi connectivity index (χ1) is 11.2. The van der Waals surface area contributed by atoms with Gasteiger partial charge in [0.25, 0.3) is 0 Å². The number of carbonyl (C=O) groups excluding carboxylic acids is 1. The van der Waals surface area contributed by atoms with Gasteiger partial charge in [0, 0.05) is 10.6 Å². The van der Waals surface area contributed by atoms with Crippen LogP contribution in [0.1, 0.15) is 11.1 Å². The first-order valence-electron chi connectivity index (χ1n) is 6.87. The molecular formula is C17H10ClNO4. The summed E-state index contributed by atoms with van der Waals surface area (Å²) in [5, 5.41) is 0.550. The summed E-state index contributed by atoms with van der Waals surface area (Å²) in [6.45, 7) is 0.203. The number of fused-ring (bicyclic) bond motifs is 1. The fraction of sp³-hybridized carbons (Fsp3) is 0.0588. The number of benzene rings is 2. The Morgan fingerprint density at radius 2 is 1.96 bits per heavy atom. The van der Waals surface area contributed by atoms with Gasteiger partial charge in [-0.05, 0) is 42.0 Å². The molecule has 0 aliphatic carbocycles. The van der Waals surface area contributed by atoms with Gasteiger partial charge in [0.1, 0.15) is 0 Å². The normalized spacial score (nSPS) is 17.3. The van der Waals surface area contributed by atoms with E-state index in [9.17, 15) is 4.79 Å². The van der Waals surface area contributed by atoms with E-state index in [2.05, 4.69) is 4.99 Å². The minimum Gasteiger partial charge on any atom is -0.454 e. The van der Waals surface area contributed by atoms with Crippen molar-refractivity contribution in [2.24, 2.45) is 4.99 Å². The summed E-state index contributed by atoms with van der Waals surface area (Å²) < 4.78 is 15.8. The SMILES string of the molecule is O=C1OC(c2cccc(Cl)c2)=NC1=Cc1ccc2c(c1)OCO2. The highest BCUT2D eigenvalue weighted by Gasteiger charge is 2.24. The summed E-state index contributed by atoms with van der Waals surface area (Å²) in [5.41, 5.74) is 1.65. The average molecular weight is 328 g/mol. The zero-order valence-electron chi connectivity index (χ0n) is 11.8. The summed E-state index contributed by atoms with van der Waals surface area (Å²) in [6, 6.07) is 12.4. The van der Waals surface area contributed by atoms with Crippen molar-refractivity contribution >= 4 is 29.5 Å². The number of rotatable bonds is 2. The second-order valence-corrected chi connectivity index (χ2v) is 5.40. The third-order valence-corrected chi connectivity index (χ3v) is 3.63. The highest BCUT2D eigenvalue weighted by Crippen LogP contribution is 2.33. The van der Waals surface area contributed by atoms with Crippen LogP contribution in [-0.4, -0.2) is 18.7 Å². The van der Waals surface area contributed by atoms with Gasteiger partial charge in [-0.25, -0.2) is 9.79 Å². The van der Waals surface area contributed by atoms with Crippen LogP contribution in [0.4, 0.5) is 0 Å². The van der Waals surface area contributed by atoms with Crippen LogP contribution in [0.15, 0.2) is 53.2 Å². The fourth-order valence-corrected chi connectivity index (χ4v) is 2.51. The Kier molecular flexibility index (Phi) is 3.28. The smallest absolute Gasteiger partial charge is 0.363 e. The third kappa shape index (κ3) is 2.66.